The molecular weight excluding hydrogens is 296 g/mol. The molecule has 7 nitrogen and oxygen atoms in total. The van der Waals surface area contributed by atoms with Crippen LogP contribution in [-0.2, 0) is 16.1 Å². The Morgan fingerprint density at radius 3 is 2.13 bits per heavy atom. The van der Waals surface area contributed by atoms with Gasteiger partial charge in [-0.15, -0.1) is 0 Å². The molecular formula is C16H24N4O3. The van der Waals surface area contributed by atoms with Crippen molar-refractivity contribution in [3.05, 3.63) is 35.4 Å². The number of carbonyl (C=O) groups is 3. The van der Waals surface area contributed by atoms with Gasteiger partial charge in [-0.2, -0.15) is 0 Å². The van der Waals surface area contributed by atoms with Crippen molar-refractivity contribution < 1.29 is 14.4 Å². The van der Waals surface area contributed by atoms with Gasteiger partial charge in [0.2, 0.25) is 11.8 Å². The third kappa shape index (κ3) is 6.07. The summed E-state index contributed by atoms with van der Waals surface area (Å²) in [5.41, 5.74) is 11.8. The van der Waals surface area contributed by atoms with Crippen LogP contribution in [0.25, 0.3) is 0 Å². The number of hydrogen-bond acceptors (Lipinski definition) is 4. The van der Waals surface area contributed by atoms with E-state index in [4.69, 9.17) is 11.5 Å². The third-order valence-corrected chi connectivity index (χ3v) is 3.32. The molecule has 0 aromatic heterocycles. The van der Waals surface area contributed by atoms with Gasteiger partial charge in [-0.05, 0) is 23.1 Å². The Hall–Kier alpha value is -2.41. The van der Waals surface area contributed by atoms with Crippen LogP contribution in [0.3, 0.4) is 0 Å². The minimum Gasteiger partial charge on any atom is -0.368 e. The molecule has 0 saturated carbocycles. The van der Waals surface area contributed by atoms with E-state index in [-0.39, 0.29) is 23.8 Å². The summed E-state index contributed by atoms with van der Waals surface area (Å²) in [5.74, 6) is -1.21. The average molecular weight is 320 g/mol. The molecule has 0 radical (unpaired) electrons. The van der Waals surface area contributed by atoms with Crippen LogP contribution < -0.4 is 22.1 Å². The predicted molar refractivity (Wildman–Crippen MR) is 87.2 cm³/mol. The van der Waals surface area contributed by atoms with E-state index in [2.05, 4.69) is 10.6 Å². The number of nitrogens with two attached hydrogens (primary N) is 2. The van der Waals surface area contributed by atoms with Gasteiger partial charge in [0.25, 0.3) is 5.91 Å². The standard InChI is InChI=1S/C16H24N4O3/c1-16(2,3)13(18)15(23)19-8-10-4-6-11(7-5-10)14(22)20-9-12(17)21/h4-7,13H,8-9,18H2,1-3H3,(H2,17,21)(H,19,23)(H,20,22)/t13-/m1/s1. The molecule has 0 unspecified atom stereocenters. The van der Waals surface area contributed by atoms with Crippen LogP contribution in [0.15, 0.2) is 24.3 Å². The van der Waals surface area contributed by atoms with Gasteiger partial charge in [-0.1, -0.05) is 32.9 Å². The molecule has 0 heterocycles. The molecule has 1 atom stereocenters. The first-order chi connectivity index (χ1) is 10.6. The lowest BCUT2D eigenvalue weighted by atomic mass is 9.87. The van der Waals surface area contributed by atoms with E-state index >= 15 is 0 Å². The zero-order chi connectivity index (χ0) is 17.6. The second kappa shape index (κ2) is 7.73. The summed E-state index contributed by atoms with van der Waals surface area (Å²) in [4.78, 5) is 34.3. The van der Waals surface area contributed by atoms with Crippen LogP contribution in [0.2, 0.25) is 0 Å². The van der Waals surface area contributed by atoms with Crippen LogP contribution in [0.1, 0.15) is 36.7 Å². The highest BCUT2D eigenvalue weighted by Crippen LogP contribution is 2.17. The topological polar surface area (TPSA) is 127 Å². The van der Waals surface area contributed by atoms with Crippen LogP contribution in [0, 0.1) is 5.41 Å². The highest BCUT2D eigenvalue weighted by molar-refractivity contribution is 5.96. The van der Waals surface area contributed by atoms with Gasteiger partial charge in [0.1, 0.15) is 0 Å². The molecule has 23 heavy (non-hydrogen) atoms. The highest BCUT2D eigenvalue weighted by atomic mass is 16.2. The Morgan fingerprint density at radius 1 is 1.09 bits per heavy atom. The van der Waals surface area contributed by atoms with Crippen molar-refractivity contribution >= 4 is 17.7 Å². The highest BCUT2D eigenvalue weighted by Gasteiger charge is 2.27. The maximum atomic E-state index is 11.9. The largest absolute Gasteiger partial charge is 0.368 e. The number of benzene rings is 1. The van der Waals surface area contributed by atoms with Crippen LogP contribution in [-0.4, -0.2) is 30.3 Å². The molecule has 0 aliphatic heterocycles. The number of rotatable bonds is 6. The van der Waals surface area contributed by atoms with E-state index in [0.717, 1.165) is 5.56 Å². The monoisotopic (exact) mass is 320 g/mol. The Bertz CT molecular complexity index is 576. The van der Waals surface area contributed by atoms with Crippen molar-refractivity contribution in [2.24, 2.45) is 16.9 Å². The first-order valence-electron chi connectivity index (χ1n) is 7.30. The van der Waals surface area contributed by atoms with Gasteiger partial charge < -0.3 is 22.1 Å². The second-order valence-corrected chi connectivity index (χ2v) is 6.41. The number of primary amides is 1. The normalized spacial score (nSPS) is 12.3. The zero-order valence-corrected chi connectivity index (χ0v) is 13.7. The molecule has 126 valence electrons. The zero-order valence-electron chi connectivity index (χ0n) is 13.7. The average Bonchev–Trinajstić information content (AvgIpc) is 2.49. The maximum Gasteiger partial charge on any atom is 0.251 e. The number of hydrogen-bond donors (Lipinski definition) is 4. The van der Waals surface area contributed by atoms with Gasteiger partial charge in [0.15, 0.2) is 0 Å². The fourth-order valence-corrected chi connectivity index (χ4v) is 1.74. The molecule has 0 spiro atoms. The summed E-state index contributed by atoms with van der Waals surface area (Å²) < 4.78 is 0. The van der Waals surface area contributed by atoms with E-state index < -0.39 is 11.9 Å². The van der Waals surface area contributed by atoms with Crippen LogP contribution >= 0.6 is 0 Å². The van der Waals surface area contributed by atoms with E-state index in [1.54, 1.807) is 24.3 Å². The van der Waals surface area contributed by atoms with E-state index in [1.165, 1.54) is 0 Å². The second-order valence-electron chi connectivity index (χ2n) is 6.41. The van der Waals surface area contributed by atoms with E-state index in [0.29, 0.717) is 12.1 Å². The first-order valence-corrected chi connectivity index (χ1v) is 7.30. The third-order valence-electron chi connectivity index (χ3n) is 3.32. The lowest BCUT2D eigenvalue weighted by molar-refractivity contribution is -0.124. The summed E-state index contributed by atoms with van der Waals surface area (Å²) in [6.07, 6.45) is 0. The van der Waals surface area contributed by atoms with Crippen LogP contribution in [0.4, 0.5) is 0 Å². The molecule has 0 aliphatic rings. The maximum absolute atomic E-state index is 11.9. The van der Waals surface area contributed by atoms with Crippen molar-refractivity contribution in [3.8, 4) is 0 Å². The van der Waals surface area contributed by atoms with E-state index in [9.17, 15) is 14.4 Å². The van der Waals surface area contributed by atoms with Crippen molar-refractivity contribution in [1.82, 2.24) is 10.6 Å². The molecule has 0 saturated heterocycles. The quantitative estimate of drug-likeness (QED) is 0.583. The summed E-state index contributed by atoms with van der Waals surface area (Å²) in [6.45, 7) is 5.82. The molecule has 3 amide bonds. The lowest BCUT2D eigenvalue weighted by Crippen LogP contribution is -2.48. The van der Waals surface area contributed by atoms with Crippen LogP contribution in [0.5, 0.6) is 0 Å². The van der Waals surface area contributed by atoms with Crippen molar-refractivity contribution in [1.29, 1.82) is 0 Å². The first kappa shape index (κ1) is 18.6. The Morgan fingerprint density at radius 2 is 1.65 bits per heavy atom. The van der Waals surface area contributed by atoms with Gasteiger partial charge in [0.05, 0.1) is 12.6 Å². The molecule has 1 aromatic rings. The molecule has 1 aromatic carbocycles. The van der Waals surface area contributed by atoms with Gasteiger partial charge in [0, 0.05) is 12.1 Å². The minimum atomic E-state index is -0.604. The molecule has 6 N–H and O–H groups in total. The van der Waals surface area contributed by atoms with Crippen molar-refractivity contribution in [3.63, 3.8) is 0 Å². The number of amides is 3. The van der Waals surface area contributed by atoms with E-state index in [1.807, 2.05) is 20.8 Å². The Labute approximate surface area is 135 Å². The summed E-state index contributed by atoms with van der Waals surface area (Å²) >= 11 is 0. The summed E-state index contributed by atoms with van der Waals surface area (Å²) in [7, 11) is 0. The smallest absolute Gasteiger partial charge is 0.251 e. The van der Waals surface area contributed by atoms with Gasteiger partial charge in [-0.25, -0.2) is 0 Å². The molecule has 7 heteroatoms. The SMILES string of the molecule is CC(C)(C)[C@H](N)C(=O)NCc1ccc(C(=O)NCC(N)=O)cc1. The predicted octanol–water partition coefficient (Wildman–Crippen LogP) is -0.109. The molecule has 1 rings (SSSR count). The fraction of sp³-hybridized carbons (Fsp3) is 0.438. The minimum absolute atomic E-state index is 0.207. The molecule has 0 bridgehead atoms. The molecule has 0 aliphatic carbocycles. The number of carbonyl (C=O) groups excluding carboxylic acids is 3. The Balaban J connectivity index is 2.56. The fourth-order valence-electron chi connectivity index (χ4n) is 1.74. The Kier molecular flexibility index (Phi) is 6.27. The van der Waals surface area contributed by atoms with Gasteiger partial charge in [-0.3, -0.25) is 14.4 Å². The van der Waals surface area contributed by atoms with Crippen molar-refractivity contribution in [2.75, 3.05) is 6.54 Å². The lowest BCUT2D eigenvalue weighted by Gasteiger charge is -2.25. The summed E-state index contributed by atoms with van der Waals surface area (Å²) in [6, 6.07) is 6.08. The number of nitrogens with one attached hydrogen (secondary N) is 2. The summed E-state index contributed by atoms with van der Waals surface area (Å²) in [5, 5.41) is 5.17. The van der Waals surface area contributed by atoms with Gasteiger partial charge >= 0.3 is 0 Å². The van der Waals surface area contributed by atoms with Crippen molar-refractivity contribution in [2.45, 2.75) is 33.4 Å². The molecule has 0 fully saturated rings.